The van der Waals surface area contributed by atoms with Gasteiger partial charge in [-0.2, -0.15) is 0 Å². The fourth-order valence-corrected chi connectivity index (χ4v) is 1.79. The van der Waals surface area contributed by atoms with Gasteiger partial charge in [-0.25, -0.2) is 0 Å². The molecule has 0 radical (unpaired) electrons. The van der Waals surface area contributed by atoms with Crippen LogP contribution in [-0.2, 0) is 9.31 Å². The van der Waals surface area contributed by atoms with Crippen molar-refractivity contribution >= 4 is 13.2 Å². The lowest BCUT2D eigenvalue weighted by Gasteiger charge is -2.32. The van der Waals surface area contributed by atoms with E-state index < -0.39 is 7.12 Å². The van der Waals surface area contributed by atoms with Crippen LogP contribution in [0.3, 0.4) is 0 Å². The number of nitrogens with zero attached hydrogens (tertiary/aromatic N) is 2. The molecule has 0 aliphatic carbocycles. The summed E-state index contributed by atoms with van der Waals surface area (Å²) < 4.78 is 11.9. The SMILES string of the molecule is CC1(C)OB(C(=Cc2cnccn2)CN)OC1(C)C. The number of hydrogen-bond acceptors (Lipinski definition) is 5. The molecule has 1 aliphatic rings. The molecule has 0 aromatic carbocycles. The van der Waals surface area contributed by atoms with Crippen LogP contribution < -0.4 is 5.73 Å². The Morgan fingerprint density at radius 3 is 2.37 bits per heavy atom. The summed E-state index contributed by atoms with van der Waals surface area (Å²) in [7, 11) is -0.433. The van der Waals surface area contributed by atoms with Crippen LogP contribution in [0, 0.1) is 0 Å². The molecule has 1 saturated heterocycles. The average Bonchev–Trinajstić information content (AvgIpc) is 2.56. The van der Waals surface area contributed by atoms with Gasteiger partial charge in [-0.1, -0.05) is 0 Å². The maximum atomic E-state index is 5.97. The van der Waals surface area contributed by atoms with Gasteiger partial charge >= 0.3 is 7.12 Å². The maximum Gasteiger partial charge on any atom is 0.491 e. The molecule has 0 spiro atoms. The van der Waals surface area contributed by atoms with Gasteiger partial charge in [0.2, 0.25) is 0 Å². The van der Waals surface area contributed by atoms with E-state index in [1.807, 2.05) is 33.8 Å². The summed E-state index contributed by atoms with van der Waals surface area (Å²) in [4.78, 5) is 8.23. The van der Waals surface area contributed by atoms with E-state index in [2.05, 4.69) is 9.97 Å². The number of hydrogen-bond donors (Lipinski definition) is 1. The third-order valence-corrected chi connectivity index (χ3v) is 3.71. The van der Waals surface area contributed by atoms with Crippen molar-refractivity contribution in [3.8, 4) is 0 Å². The molecule has 1 aliphatic heterocycles. The monoisotopic (exact) mass is 261 g/mol. The highest BCUT2D eigenvalue weighted by atomic mass is 16.7. The van der Waals surface area contributed by atoms with Gasteiger partial charge in [0.25, 0.3) is 0 Å². The van der Waals surface area contributed by atoms with Crippen molar-refractivity contribution in [2.75, 3.05) is 6.54 Å². The Hall–Kier alpha value is -1.24. The van der Waals surface area contributed by atoms with Gasteiger partial charge in [0.1, 0.15) is 0 Å². The Kier molecular flexibility index (Phi) is 3.76. The number of rotatable bonds is 3. The van der Waals surface area contributed by atoms with E-state index in [4.69, 9.17) is 15.0 Å². The second-order valence-electron chi connectivity index (χ2n) is 5.64. The molecule has 6 heteroatoms. The summed E-state index contributed by atoms with van der Waals surface area (Å²) in [5.74, 6) is 0. The van der Waals surface area contributed by atoms with E-state index in [1.54, 1.807) is 18.6 Å². The van der Waals surface area contributed by atoms with E-state index in [9.17, 15) is 0 Å². The predicted octanol–water partition coefficient (Wildman–Crippen LogP) is 1.45. The molecule has 0 amide bonds. The van der Waals surface area contributed by atoms with Gasteiger partial charge in [0, 0.05) is 18.9 Å². The van der Waals surface area contributed by atoms with E-state index in [0.717, 1.165) is 11.2 Å². The second kappa shape index (κ2) is 5.04. The van der Waals surface area contributed by atoms with Crippen LogP contribution in [0.25, 0.3) is 6.08 Å². The zero-order valence-corrected chi connectivity index (χ0v) is 11.9. The van der Waals surface area contributed by atoms with E-state index in [-0.39, 0.29) is 11.2 Å². The fraction of sp³-hybridized carbons (Fsp3) is 0.538. The highest BCUT2D eigenvalue weighted by molar-refractivity contribution is 6.55. The average molecular weight is 261 g/mol. The molecule has 1 aromatic rings. The topological polar surface area (TPSA) is 70.3 Å². The molecule has 1 fully saturated rings. The summed E-state index contributed by atoms with van der Waals surface area (Å²) in [6.45, 7) is 8.42. The molecule has 0 saturated carbocycles. The van der Waals surface area contributed by atoms with Crippen LogP contribution in [0.1, 0.15) is 33.4 Å². The first-order valence-corrected chi connectivity index (χ1v) is 6.38. The van der Waals surface area contributed by atoms with Crippen molar-refractivity contribution in [3.63, 3.8) is 0 Å². The van der Waals surface area contributed by atoms with Crippen molar-refractivity contribution in [1.82, 2.24) is 9.97 Å². The Balaban J connectivity index is 2.23. The molecule has 19 heavy (non-hydrogen) atoms. The Morgan fingerprint density at radius 2 is 1.89 bits per heavy atom. The molecule has 0 bridgehead atoms. The zero-order valence-electron chi connectivity index (χ0n) is 11.9. The van der Waals surface area contributed by atoms with Crippen molar-refractivity contribution in [3.05, 3.63) is 29.8 Å². The third kappa shape index (κ3) is 2.86. The predicted molar refractivity (Wildman–Crippen MR) is 75.1 cm³/mol. The standard InChI is InChI=1S/C13H20BN3O2/c1-12(2)13(3,4)19-14(18-12)10(8-15)7-11-9-16-5-6-17-11/h5-7,9H,8,15H2,1-4H3. The van der Waals surface area contributed by atoms with Crippen molar-refractivity contribution in [2.24, 2.45) is 5.73 Å². The highest BCUT2D eigenvalue weighted by Gasteiger charge is 2.52. The fourth-order valence-electron chi connectivity index (χ4n) is 1.79. The molecule has 2 rings (SSSR count). The third-order valence-electron chi connectivity index (χ3n) is 3.71. The molecular weight excluding hydrogens is 241 g/mol. The van der Waals surface area contributed by atoms with Crippen LogP contribution in [0.4, 0.5) is 0 Å². The summed E-state index contributed by atoms with van der Waals surface area (Å²) in [5.41, 5.74) is 6.68. The largest absolute Gasteiger partial charge is 0.491 e. The molecular formula is C13H20BN3O2. The van der Waals surface area contributed by atoms with Crippen molar-refractivity contribution in [1.29, 1.82) is 0 Å². The normalized spacial score (nSPS) is 21.7. The van der Waals surface area contributed by atoms with Gasteiger partial charge < -0.3 is 15.0 Å². The van der Waals surface area contributed by atoms with Crippen molar-refractivity contribution in [2.45, 2.75) is 38.9 Å². The van der Waals surface area contributed by atoms with Gasteiger partial charge in [0.15, 0.2) is 0 Å². The second-order valence-corrected chi connectivity index (χ2v) is 5.64. The lowest BCUT2D eigenvalue weighted by Crippen LogP contribution is -2.41. The first-order valence-electron chi connectivity index (χ1n) is 6.38. The first-order chi connectivity index (χ1) is 8.86. The maximum absolute atomic E-state index is 5.97. The van der Waals surface area contributed by atoms with E-state index >= 15 is 0 Å². The number of aromatic nitrogens is 2. The number of nitrogens with two attached hydrogens (primary N) is 1. The lowest BCUT2D eigenvalue weighted by atomic mass is 9.77. The van der Waals surface area contributed by atoms with Crippen LogP contribution in [-0.4, -0.2) is 34.8 Å². The minimum atomic E-state index is -0.433. The minimum Gasteiger partial charge on any atom is -0.400 e. The summed E-state index contributed by atoms with van der Waals surface area (Å²) in [5, 5.41) is 0. The molecule has 1 aromatic heterocycles. The van der Waals surface area contributed by atoms with Crippen LogP contribution in [0.5, 0.6) is 0 Å². The molecule has 0 unspecified atom stereocenters. The van der Waals surface area contributed by atoms with Gasteiger partial charge in [-0.15, -0.1) is 0 Å². The van der Waals surface area contributed by atoms with Gasteiger partial charge in [-0.3, -0.25) is 9.97 Å². The highest BCUT2D eigenvalue weighted by Crippen LogP contribution is 2.38. The molecule has 2 heterocycles. The lowest BCUT2D eigenvalue weighted by molar-refractivity contribution is 0.00578. The summed E-state index contributed by atoms with van der Waals surface area (Å²) in [6, 6.07) is 0. The molecule has 102 valence electrons. The minimum absolute atomic E-state index is 0.355. The first kappa shape index (κ1) is 14.2. The Bertz CT molecular complexity index is 458. The summed E-state index contributed by atoms with van der Waals surface area (Å²) in [6.07, 6.45) is 6.83. The van der Waals surface area contributed by atoms with Gasteiger partial charge in [0.05, 0.1) is 23.1 Å². The van der Waals surface area contributed by atoms with Crippen molar-refractivity contribution < 1.29 is 9.31 Å². The quantitative estimate of drug-likeness (QED) is 0.834. The van der Waals surface area contributed by atoms with Gasteiger partial charge in [-0.05, 0) is 39.2 Å². The zero-order chi connectivity index (χ0) is 14.1. The van der Waals surface area contributed by atoms with E-state index in [0.29, 0.717) is 6.54 Å². The van der Waals surface area contributed by atoms with Crippen LogP contribution in [0.15, 0.2) is 24.1 Å². The Labute approximate surface area is 114 Å². The van der Waals surface area contributed by atoms with Crippen LogP contribution >= 0.6 is 0 Å². The van der Waals surface area contributed by atoms with Crippen LogP contribution in [0.2, 0.25) is 0 Å². The Morgan fingerprint density at radius 1 is 1.26 bits per heavy atom. The molecule has 0 atom stereocenters. The smallest absolute Gasteiger partial charge is 0.400 e. The molecule has 2 N–H and O–H groups in total. The molecule has 5 nitrogen and oxygen atoms in total. The summed E-state index contributed by atoms with van der Waals surface area (Å²) >= 11 is 0. The van der Waals surface area contributed by atoms with E-state index in [1.165, 1.54) is 0 Å².